The topological polar surface area (TPSA) is 63.3 Å². The lowest BCUT2D eigenvalue weighted by molar-refractivity contribution is -0.553. The second-order valence-electron chi connectivity index (χ2n) is 16.3. The van der Waals surface area contributed by atoms with Crippen molar-refractivity contribution in [2.45, 2.75) is 0 Å². The van der Waals surface area contributed by atoms with Gasteiger partial charge in [0.25, 0.3) is 5.82 Å². The van der Waals surface area contributed by atoms with Crippen LogP contribution < -0.4 is 4.57 Å². The van der Waals surface area contributed by atoms with Crippen LogP contribution in [0.15, 0.2) is 218 Å². The number of benzene rings is 9. The highest BCUT2D eigenvalue weighted by Gasteiger charge is 2.32. The molecule has 1 aliphatic heterocycles. The number of para-hydroxylation sites is 1. The molecule has 0 aliphatic carbocycles. The Morgan fingerprint density at radius 1 is 0.359 bits per heavy atom. The second kappa shape index (κ2) is 14.4. The summed E-state index contributed by atoms with van der Waals surface area (Å²) in [5, 5.41) is 2.47. The molecule has 0 saturated heterocycles. The van der Waals surface area contributed by atoms with E-state index in [1.165, 1.54) is 27.4 Å². The van der Waals surface area contributed by atoms with Crippen LogP contribution in [0.1, 0.15) is 0 Å². The van der Waals surface area contributed by atoms with Crippen LogP contribution in [-0.4, -0.2) is 24.5 Å². The minimum Gasteiger partial charge on any atom is -0.309 e. The Bertz CT molecular complexity index is 3660. The Morgan fingerprint density at radius 2 is 0.859 bits per heavy atom. The maximum atomic E-state index is 5.18. The van der Waals surface area contributed by atoms with Crippen molar-refractivity contribution in [3.05, 3.63) is 218 Å². The molecule has 0 spiro atoms. The quantitative estimate of drug-likeness (QED) is 0.163. The van der Waals surface area contributed by atoms with Gasteiger partial charge in [-0.15, -0.1) is 0 Å². The third-order valence-corrected chi connectivity index (χ3v) is 12.6. The van der Waals surface area contributed by atoms with Crippen molar-refractivity contribution in [3.8, 4) is 90.3 Å². The number of imidazole rings is 1. The largest absolute Gasteiger partial charge is 0.309 e. The number of aromatic nitrogens is 6. The normalized spacial score (nSPS) is 11.8. The van der Waals surface area contributed by atoms with Crippen molar-refractivity contribution in [2.24, 2.45) is 0 Å². The first kappa shape index (κ1) is 36.0. The summed E-state index contributed by atoms with van der Waals surface area (Å²) < 4.78 is 4.83. The minimum atomic E-state index is 0.612. The molecule has 0 radical (unpaired) electrons. The highest BCUT2D eigenvalue weighted by atomic mass is 15.1. The molecule has 0 unspecified atom stereocenters. The molecule has 0 saturated carbocycles. The third-order valence-electron chi connectivity index (χ3n) is 12.6. The zero-order valence-electron chi connectivity index (χ0n) is 34.5. The number of hydrogen-bond acceptors (Lipinski definition) is 3. The molecule has 298 valence electrons. The van der Waals surface area contributed by atoms with E-state index in [1.54, 1.807) is 0 Å². The Labute approximate surface area is 369 Å². The number of aromatic amines is 1. The van der Waals surface area contributed by atoms with Gasteiger partial charge in [0.15, 0.2) is 28.5 Å². The maximum Gasteiger partial charge on any atom is 0.292 e. The molecule has 1 aliphatic rings. The van der Waals surface area contributed by atoms with E-state index in [1.807, 2.05) is 12.1 Å². The van der Waals surface area contributed by atoms with Crippen LogP contribution in [0.3, 0.4) is 0 Å². The number of nitrogens with one attached hydrogen (secondary N) is 1. The van der Waals surface area contributed by atoms with Crippen LogP contribution in [0.5, 0.6) is 0 Å². The number of nitrogens with zero attached hydrogens (tertiary/aromatic N) is 5. The van der Waals surface area contributed by atoms with Gasteiger partial charge in [-0.05, 0) is 101 Å². The highest BCUT2D eigenvalue weighted by molar-refractivity contribution is 6.24. The molecule has 0 fully saturated rings. The molecular weight excluding hydrogens is 781 g/mol. The molecule has 1 N–H and O–H groups in total. The fraction of sp³-hybridized carbons (Fsp3) is 0. The first-order valence-electron chi connectivity index (χ1n) is 21.6. The lowest BCUT2D eigenvalue weighted by Crippen LogP contribution is -2.32. The van der Waals surface area contributed by atoms with E-state index in [-0.39, 0.29) is 0 Å². The van der Waals surface area contributed by atoms with Crippen molar-refractivity contribution in [1.82, 2.24) is 24.5 Å². The molecule has 6 heteroatoms. The van der Waals surface area contributed by atoms with Gasteiger partial charge in [0.2, 0.25) is 0 Å². The van der Waals surface area contributed by atoms with Gasteiger partial charge in [0.05, 0.1) is 22.0 Å². The summed E-state index contributed by atoms with van der Waals surface area (Å²) in [6.45, 7) is 0. The lowest BCUT2D eigenvalue weighted by Gasteiger charge is -2.12. The molecule has 6 nitrogen and oxygen atoms in total. The highest BCUT2D eigenvalue weighted by Crippen LogP contribution is 2.45. The van der Waals surface area contributed by atoms with E-state index in [9.17, 15) is 0 Å². The first-order valence-corrected chi connectivity index (χ1v) is 21.6. The van der Waals surface area contributed by atoms with E-state index in [0.717, 1.165) is 78.3 Å². The summed E-state index contributed by atoms with van der Waals surface area (Å²) in [5.41, 5.74) is 17.6. The molecule has 9 aromatic carbocycles. The average molecular weight is 818 g/mol. The van der Waals surface area contributed by atoms with E-state index < -0.39 is 0 Å². The molecule has 4 heterocycles. The Morgan fingerprint density at radius 3 is 1.50 bits per heavy atom. The summed E-state index contributed by atoms with van der Waals surface area (Å²) in [5.74, 6) is 2.91. The second-order valence-corrected chi connectivity index (χ2v) is 16.3. The van der Waals surface area contributed by atoms with Gasteiger partial charge in [-0.3, -0.25) is 0 Å². The average Bonchev–Trinajstić information content (AvgIpc) is 3.90. The zero-order chi connectivity index (χ0) is 42.1. The first-order chi connectivity index (χ1) is 31.7. The van der Waals surface area contributed by atoms with Crippen LogP contribution in [0.4, 0.5) is 0 Å². The lowest BCUT2D eigenvalue weighted by atomic mass is 9.99. The van der Waals surface area contributed by atoms with Crippen molar-refractivity contribution in [3.63, 3.8) is 0 Å². The fourth-order valence-corrected chi connectivity index (χ4v) is 9.66. The van der Waals surface area contributed by atoms with Crippen molar-refractivity contribution < 1.29 is 4.57 Å². The number of rotatable bonds is 7. The van der Waals surface area contributed by atoms with Crippen molar-refractivity contribution in [2.75, 3.05) is 0 Å². The van der Waals surface area contributed by atoms with Crippen LogP contribution >= 0.6 is 0 Å². The van der Waals surface area contributed by atoms with E-state index in [4.69, 9.17) is 15.0 Å². The summed E-state index contributed by atoms with van der Waals surface area (Å²) in [7, 11) is 0. The predicted molar refractivity (Wildman–Crippen MR) is 259 cm³/mol. The van der Waals surface area contributed by atoms with Crippen molar-refractivity contribution in [1.29, 1.82) is 0 Å². The smallest absolute Gasteiger partial charge is 0.292 e. The van der Waals surface area contributed by atoms with Crippen molar-refractivity contribution >= 4 is 32.8 Å². The van der Waals surface area contributed by atoms with E-state index >= 15 is 0 Å². The Hall–Kier alpha value is -8.74. The predicted octanol–water partition coefficient (Wildman–Crippen LogP) is 13.7. The standard InChI is InChI=1S/C58H36N6/c1-4-15-37(16-5-1)41-21-12-23-43(35-41)56-60-55(61-57(62-56)44-24-13-22-42(36-44)38-17-6-2-7-18-38)39-29-31-45(32-30-39)63-50-28-14-26-47-46-25-10-11-27-49(46)64-54-48(33-34-51(63)53(54)52(47)50)59-58(64)40-19-8-3-9-20-40/h1-36H/p+1. The van der Waals surface area contributed by atoms with E-state index in [2.05, 4.69) is 220 Å². The molecular formula is C58H37N6+. The molecule has 0 amide bonds. The molecule has 12 aromatic rings. The minimum absolute atomic E-state index is 0.612. The van der Waals surface area contributed by atoms with Gasteiger partial charge in [-0.2, -0.15) is 4.57 Å². The number of hydrogen-bond donors (Lipinski definition) is 1. The molecule has 0 bridgehead atoms. The van der Waals surface area contributed by atoms with Gasteiger partial charge >= 0.3 is 0 Å². The van der Waals surface area contributed by atoms with Crippen LogP contribution in [0.25, 0.3) is 123 Å². The van der Waals surface area contributed by atoms with Gasteiger partial charge < -0.3 is 4.57 Å². The van der Waals surface area contributed by atoms with Crippen LogP contribution in [0.2, 0.25) is 0 Å². The number of fused-ring (bicyclic) bond motifs is 3. The molecule has 13 rings (SSSR count). The van der Waals surface area contributed by atoms with Crippen LogP contribution in [-0.2, 0) is 0 Å². The number of H-pyrrole nitrogens is 1. The monoisotopic (exact) mass is 817 g/mol. The molecule has 64 heavy (non-hydrogen) atoms. The summed E-state index contributed by atoms with van der Waals surface area (Å²) in [4.78, 5) is 19.3. The van der Waals surface area contributed by atoms with Gasteiger partial charge in [0.1, 0.15) is 5.69 Å². The van der Waals surface area contributed by atoms with E-state index in [0.29, 0.717) is 17.5 Å². The zero-order valence-corrected chi connectivity index (χ0v) is 34.5. The molecule has 0 atom stereocenters. The fourth-order valence-electron chi connectivity index (χ4n) is 9.66. The van der Waals surface area contributed by atoms with Gasteiger partial charge in [0, 0.05) is 33.3 Å². The summed E-state index contributed by atoms with van der Waals surface area (Å²) in [6.07, 6.45) is 0. The third kappa shape index (κ3) is 5.73. The summed E-state index contributed by atoms with van der Waals surface area (Å²) >= 11 is 0. The Kier molecular flexibility index (Phi) is 8.11. The van der Waals surface area contributed by atoms with Crippen LogP contribution in [0, 0.1) is 0 Å². The summed E-state index contributed by atoms with van der Waals surface area (Å²) in [6, 6.07) is 77.0. The van der Waals surface area contributed by atoms with Gasteiger partial charge in [-0.25, -0.2) is 19.9 Å². The van der Waals surface area contributed by atoms with Gasteiger partial charge in [-0.1, -0.05) is 146 Å². The Balaban J connectivity index is 0.980. The maximum absolute atomic E-state index is 5.18. The SMILES string of the molecule is c1ccc(-c2cccc(-c3nc(-c4ccc(-n5c6cccc7c6c6c5ccc5[nH]c(-c8ccccc8)[n+](c56)-c5ccccc5-7)cc4)nc(-c4cccc(-c5ccccc5)c4)n3)c2)cc1. The molecule has 3 aromatic heterocycles.